The minimum Gasteiger partial charge on any atom is -0.338 e. The number of hydrogen-bond donors (Lipinski definition) is 2. The molecule has 6 heteroatoms. The molecule has 3 rings (SSSR count). The quantitative estimate of drug-likeness (QED) is 0.872. The molecule has 0 aliphatic carbocycles. The molecule has 0 unspecified atom stereocenters. The highest BCUT2D eigenvalue weighted by atomic mass is 16.1. The van der Waals surface area contributed by atoms with Crippen LogP contribution in [-0.4, -0.2) is 27.7 Å². The lowest BCUT2D eigenvalue weighted by Crippen LogP contribution is -2.26. The molecule has 2 N–H and O–H groups in total. The summed E-state index contributed by atoms with van der Waals surface area (Å²) in [6, 6.07) is 2.07. The van der Waals surface area contributed by atoms with E-state index in [-0.39, 0.29) is 11.5 Å². The summed E-state index contributed by atoms with van der Waals surface area (Å²) < 4.78 is 1.29. The average Bonchev–Trinajstić information content (AvgIpc) is 2.91. The summed E-state index contributed by atoms with van der Waals surface area (Å²) in [7, 11) is 0. The normalized spacial score (nSPS) is 15.2. The Bertz CT molecular complexity index is 819. The molecule has 2 aromatic rings. The summed E-state index contributed by atoms with van der Waals surface area (Å²) in [5.74, 6) is 0.0821. The first kappa shape index (κ1) is 13.6. The fourth-order valence-corrected chi connectivity index (χ4v) is 2.75. The number of H-pyrrole nitrogens is 1. The summed E-state index contributed by atoms with van der Waals surface area (Å²) in [4.78, 5) is 16.0. The van der Waals surface area contributed by atoms with E-state index in [2.05, 4.69) is 27.5 Å². The second kappa shape index (κ2) is 5.19. The van der Waals surface area contributed by atoms with Crippen molar-refractivity contribution >= 4 is 11.2 Å². The van der Waals surface area contributed by atoms with Crippen molar-refractivity contribution in [2.24, 2.45) is 0 Å². The Labute approximate surface area is 122 Å². The molecule has 1 aliphatic heterocycles. The van der Waals surface area contributed by atoms with Crippen LogP contribution in [0.3, 0.4) is 0 Å². The molecule has 21 heavy (non-hydrogen) atoms. The van der Waals surface area contributed by atoms with E-state index in [1.807, 2.05) is 13.8 Å². The largest absolute Gasteiger partial charge is 0.338 e. The molecule has 0 saturated heterocycles. The van der Waals surface area contributed by atoms with Gasteiger partial charge in [-0.25, -0.2) is 0 Å². The Morgan fingerprint density at radius 2 is 2.29 bits per heavy atom. The molecular weight excluding hydrogens is 266 g/mol. The second-order valence-corrected chi connectivity index (χ2v) is 5.49. The van der Waals surface area contributed by atoms with Crippen LogP contribution in [0.5, 0.6) is 0 Å². The SMILES string of the molecule is CC(C)c1c(C2=CCNCC2)[nH]c2c(C#N)cnn2c1=O. The van der Waals surface area contributed by atoms with Crippen LogP contribution in [0.25, 0.3) is 11.2 Å². The van der Waals surface area contributed by atoms with Crippen LogP contribution in [0, 0.1) is 11.3 Å². The number of rotatable bonds is 2. The van der Waals surface area contributed by atoms with Gasteiger partial charge in [0.05, 0.1) is 11.9 Å². The van der Waals surface area contributed by atoms with E-state index in [4.69, 9.17) is 5.26 Å². The van der Waals surface area contributed by atoms with Crippen molar-refractivity contribution in [1.29, 1.82) is 5.26 Å². The van der Waals surface area contributed by atoms with Gasteiger partial charge in [-0.2, -0.15) is 14.9 Å². The van der Waals surface area contributed by atoms with Crippen molar-refractivity contribution in [2.75, 3.05) is 13.1 Å². The van der Waals surface area contributed by atoms with Crippen molar-refractivity contribution in [3.63, 3.8) is 0 Å². The molecule has 6 nitrogen and oxygen atoms in total. The fraction of sp³-hybridized carbons (Fsp3) is 0.400. The highest BCUT2D eigenvalue weighted by Gasteiger charge is 2.20. The lowest BCUT2D eigenvalue weighted by atomic mass is 9.95. The number of aromatic amines is 1. The van der Waals surface area contributed by atoms with E-state index < -0.39 is 0 Å². The molecule has 0 fully saturated rings. The highest BCUT2D eigenvalue weighted by Crippen LogP contribution is 2.25. The van der Waals surface area contributed by atoms with E-state index in [1.54, 1.807) is 0 Å². The summed E-state index contributed by atoms with van der Waals surface area (Å²) in [6.45, 7) is 5.68. The predicted octanol–water partition coefficient (Wildman–Crippen LogP) is 1.39. The van der Waals surface area contributed by atoms with Gasteiger partial charge in [0, 0.05) is 12.1 Å². The maximum atomic E-state index is 12.7. The lowest BCUT2D eigenvalue weighted by molar-refractivity contribution is 0.729. The van der Waals surface area contributed by atoms with Crippen molar-refractivity contribution in [1.82, 2.24) is 19.9 Å². The zero-order chi connectivity index (χ0) is 15.0. The van der Waals surface area contributed by atoms with Gasteiger partial charge in [-0.3, -0.25) is 4.79 Å². The van der Waals surface area contributed by atoms with E-state index in [9.17, 15) is 4.79 Å². The minimum atomic E-state index is -0.144. The predicted molar refractivity (Wildman–Crippen MR) is 80.1 cm³/mol. The van der Waals surface area contributed by atoms with Crippen LogP contribution in [0.2, 0.25) is 0 Å². The minimum absolute atomic E-state index is 0.0821. The molecule has 0 aromatic carbocycles. The Morgan fingerprint density at radius 3 is 2.90 bits per heavy atom. The van der Waals surface area contributed by atoms with Crippen molar-refractivity contribution in [3.05, 3.63) is 39.4 Å². The van der Waals surface area contributed by atoms with Gasteiger partial charge in [-0.05, 0) is 24.5 Å². The fourth-order valence-electron chi connectivity index (χ4n) is 2.75. The monoisotopic (exact) mass is 283 g/mol. The Hall–Kier alpha value is -2.39. The zero-order valence-electron chi connectivity index (χ0n) is 12.1. The van der Waals surface area contributed by atoms with Gasteiger partial charge in [0.15, 0.2) is 5.65 Å². The van der Waals surface area contributed by atoms with Gasteiger partial charge < -0.3 is 10.3 Å². The van der Waals surface area contributed by atoms with Crippen LogP contribution < -0.4 is 10.9 Å². The zero-order valence-corrected chi connectivity index (χ0v) is 12.1. The molecule has 0 spiro atoms. The summed E-state index contributed by atoms with van der Waals surface area (Å²) in [6.07, 6.45) is 4.39. The van der Waals surface area contributed by atoms with Crippen LogP contribution in [0.15, 0.2) is 17.1 Å². The molecule has 0 atom stereocenters. The Kier molecular flexibility index (Phi) is 3.35. The standard InChI is InChI=1S/C15H17N5O/c1-9(2)12-13(10-3-5-17-6-4-10)19-14-11(7-16)8-18-20(14)15(12)21/h3,8-9,17,19H,4-6H2,1-2H3. The first-order valence-electron chi connectivity index (χ1n) is 7.07. The van der Waals surface area contributed by atoms with Crippen molar-refractivity contribution in [3.8, 4) is 6.07 Å². The van der Waals surface area contributed by atoms with E-state index in [1.165, 1.54) is 10.7 Å². The summed E-state index contributed by atoms with van der Waals surface area (Å²) >= 11 is 0. The number of aromatic nitrogens is 3. The third-order valence-electron chi connectivity index (χ3n) is 3.79. The van der Waals surface area contributed by atoms with Gasteiger partial charge >= 0.3 is 0 Å². The number of nitriles is 1. The molecule has 2 aromatic heterocycles. The van der Waals surface area contributed by atoms with Gasteiger partial charge in [-0.1, -0.05) is 19.9 Å². The highest BCUT2D eigenvalue weighted by molar-refractivity contribution is 5.69. The number of fused-ring (bicyclic) bond motifs is 1. The van der Waals surface area contributed by atoms with Crippen LogP contribution >= 0.6 is 0 Å². The number of nitrogens with one attached hydrogen (secondary N) is 2. The topological polar surface area (TPSA) is 86.0 Å². The number of nitrogens with zero attached hydrogens (tertiary/aromatic N) is 3. The third-order valence-corrected chi connectivity index (χ3v) is 3.79. The Morgan fingerprint density at radius 1 is 1.48 bits per heavy atom. The van der Waals surface area contributed by atoms with Crippen molar-refractivity contribution < 1.29 is 0 Å². The molecule has 0 bridgehead atoms. The Balaban J connectivity index is 2.35. The van der Waals surface area contributed by atoms with Crippen LogP contribution in [-0.2, 0) is 0 Å². The lowest BCUT2D eigenvalue weighted by Gasteiger charge is -2.19. The smallest absolute Gasteiger partial charge is 0.278 e. The van der Waals surface area contributed by atoms with E-state index in [0.29, 0.717) is 11.2 Å². The summed E-state index contributed by atoms with van der Waals surface area (Å²) in [5, 5.41) is 16.4. The van der Waals surface area contributed by atoms with Gasteiger partial charge in [0.1, 0.15) is 11.6 Å². The molecule has 1 aliphatic rings. The van der Waals surface area contributed by atoms with Gasteiger partial charge in [-0.15, -0.1) is 0 Å². The average molecular weight is 283 g/mol. The van der Waals surface area contributed by atoms with Gasteiger partial charge in [0.25, 0.3) is 5.56 Å². The maximum Gasteiger partial charge on any atom is 0.278 e. The van der Waals surface area contributed by atoms with E-state index >= 15 is 0 Å². The second-order valence-electron chi connectivity index (χ2n) is 5.49. The molecule has 0 amide bonds. The molecule has 0 saturated carbocycles. The van der Waals surface area contributed by atoms with Crippen molar-refractivity contribution in [2.45, 2.75) is 26.2 Å². The third kappa shape index (κ3) is 2.16. The first-order valence-corrected chi connectivity index (χ1v) is 7.07. The van der Waals surface area contributed by atoms with Gasteiger partial charge in [0.2, 0.25) is 0 Å². The number of hydrogen-bond acceptors (Lipinski definition) is 4. The molecule has 108 valence electrons. The molecular formula is C15H17N5O. The summed E-state index contributed by atoms with van der Waals surface area (Å²) in [5.41, 5.74) is 3.42. The first-order chi connectivity index (χ1) is 10.1. The molecule has 0 radical (unpaired) electrons. The van der Waals surface area contributed by atoms with Crippen LogP contribution in [0.4, 0.5) is 0 Å². The van der Waals surface area contributed by atoms with E-state index in [0.717, 1.165) is 36.3 Å². The molecule has 3 heterocycles. The maximum absolute atomic E-state index is 12.7. The van der Waals surface area contributed by atoms with Crippen LogP contribution in [0.1, 0.15) is 43.0 Å².